The second-order valence-corrected chi connectivity index (χ2v) is 7.08. The number of nitriles is 1. The maximum Gasteiger partial charge on any atom is 0.266 e. The summed E-state index contributed by atoms with van der Waals surface area (Å²) in [5.74, 6) is 0.214. The van der Waals surface area contributed by atoms with Gasteiger partial charge in [0.2, 0.25) is 0 Å². The van der Waals surface area contributed by atoms with Gasteiger partial charge in [0.1, 0.15) is 17.4 Å². The average molecular weight is 399 g/mol. The first kappa shape index (κ1) is 20.9. The second kappa shape index (κ2) is 9.15. The Balaban J connectivity index is 1.88. The SMILES string of the molecule is CCOc1cccc(NC(=O)/C(C#N)=C\c2cc(C)n(-c3ccc(C)cc3)c2C)c1. The van der Waals surface area contributed by atoms with Gasteiger partial charge in [0, 0.05) is 28.8 Å². The van der Waals surface area contributed by atoms with Crippen LogP contribution in [0.1, 0.15) is 29.4 Å². The zero-order chi connectivity index (χ0) is 21.7. The maximum absolute atomic E-state index is 12.7. The molecule has 0 bridgehead atoms. The van der Waals surface area contributed by atoms with E-state index in [1.54, 1.807) is 24.3 Å². The maximum atomic E-state index is 12.7. The van der Waals surface area contributed by atoms with Gasteiger partial charge in [-0.2, -0.15) is 5.26 Å². The van der Waals surface area contributed by atoms with Crippen LogP contribution >= 0.6 is 0 Å². The number of ether oxygens (including phenoxy) is 1. The van der Waals surface area contributed by atoms with Gasteiger partial charge in [-0.3, -0.25) is 4.79 Å². The van der Waals surface area contributed by atoms with Crippen LogP contribution in [0, 0.1) is 32.1 Å². The average Bonchev–Trinajstić information content (AvgIpc) is 3.00. The smallest absolute Gasteiger partial charge is 0.266 e. The summed E-state index contributed by atoms with van der Waals surface area (Å²) in [7, 11) is 0. The monoisotopic (exact) mass is 399 g/mol. The number of aromatic nitrogens is 1. The van der Waals surface area contributed by atoms with Crippen molar-refractivity contribution in [2.75, 3.05) is 11.9 Å². The number of carbonyl (C=O) groups is 1. The van der Waals surface area contributed by atoms with Gasteiger partial charge in [0.15, 0.2) is 0 Å². The fourth-order valence-corrected chi connectivity index (χ4v) is 3.36. The van der Waals surface area contributed by atoms with Gasteiger partial charge in [0.05, 0.1) is 6.61 Å². The highest BCUT2D eigenvalue weighted by atomic mass is 16.5. The van der Waals surface area contributed by atoms with E-state index < -0.39 is 5.91 Å². The third-order valence-electron chi connectivity index (χ3n) is 4.83. The molecule has 2 aromatic carbocycles. The molecule has 0 aliphatic rings. The first-order valence-electron chi connectivity index (χ1n) is 9.85. The predicted octanol–water partition coefficient (Wildman–Crippen LogP) is 5.35. The van der Waals surface area contributed by atoms with Crippen LogP contribution in [-0.4, -0.2) is 17.1 Å². The highest BCUT2D eigenvalue weighted by Gasteiger charge is 2.14. The molecule has 1 N–H and O–H groups in total. The molecule has 0 radical (unpaired) electrons. The van der Waals surface area contributed by atoms with Gasteiger partial charge in [0.25, 0.3) is 5.91 Å². The normalized spacial score (nSPS) is 11.1. The summed E-state index contributed by atoms with van der Waals surface area (Å²) in [6.45, 7) is 8.48. The van der Waals surface area contributed by atoms with E-state index in [1.807, 2.05) is 39.0 Å². The Morgan fingerprint density at radius 3 is 2.53 bits per heavy atom. The van der Waals surface area contributed by atoms with E-state index in [0.717, 1.165) is 22.6 Å². The standard InChI is InChI=1S/C25H25N3O2/c1-5-30-24-8-6-7-22(15-24)27-25(29)21(16-26)14-20-13-18(3)28(19(20)4)23-11-9-17(2)10-12-23/h6-15H,5H2,1-4H3,(H,27,29)/b21-14-. The van der Waals surface area contributed by atoms with Crippen LogP contribution in [0.2, 0.25) is 0 Å². The fourth-order valence-electron chi connectivity index (χ4n) is 3.36. The van der Waals surface area contributed by atoms with Gasteiger partial charge in [-0.1, -0.05) is 23.8 Å². The van der Waals surface area contributed by atoms with Gasteiger partial charge in [-0.05, 0) is 69.7 Å². The molecule has 1 heterocycles. The Bertz CT molecular complexity index is 1130. The van der Waals surface area contributed by atoms with Gasteiger partial charge in [-0.15, -0.1) is 0 Å². The largest absolute Gasteiger partial charge is 0.494 e. The lowest BCUT2D eigenvalue weighted by Crippen LogP contribution is -2.13. The van der Waals surface area contributed by atoms with Crippen molar-refractivity contribution in [1.29, 1.82) is 5.26 Å². The molecule has 5 heteroatoms. The summed E-state index contributed by atoms with van der Waals surface area (Å²) in [6.07, 6.45) is 1.63. The van der Waals surface area contributed by atoms with Crippen LogP contribution in [0.15, 0.2) is 60.2 Å². The number of amides is 1. The summed E-state index contributed by atoms with van der Waals surface area (Å²) in [6, 6.07) is 19.4. The third-order valence-corrected chi connectivity index (χ3v) is 4.83. The molecule has 0 aliphatic carbocycles. The van der Waals surface area contributed by atoms with Crippen LogP contribution in [0.5, 0.6) is 5.75 Å². The molecule has 30 heavy (non-hydrogen) atoms. The van der Waals surface area contributed by atoms with E-state index in [2.05, 4.69) is 41.1 Å². The fraction of sp³-hybridized carbons (Fsp3) is 0.200. The minimum Gasteiger partial charge on any atom is -0.494 e. The van der Waals surface area contributed by atoms with Crippen LogP contribution in [0.3, 0.4) is 0 Å². The summed E-state index contributed by atoms with van der Waals surface area (Å²) >= 11 is 0. The van der Waals surface area contributed by atoms with Crippen molar-refractivity contribution in [2.24, 2.45) is 0 Å². The number of carbonyl (C=O) groups excluding carboxylic acids is 1. The predicted molar refractivity (Wildman–Crippen MR) is 120 cm³/mol. The molecule has 0 aliphatic heterocycles. The van der Waals surface area contributed by atoms with Crippen molar-refractivity contribution in [1.82, 2.24) is 4.57 Å². The summed E-state index contributed by atoms with van der Waals surface area (Å²) in [4.78, 5) is 12.7. The Labute approximate surface area is 177 Å². The number of anilines is 1. The van der Waals surface area contributed by atoms with Crippen molar-refractivity contribution in [2.45, 2.75) is 27.7 Å². The minimum atomic E-state index is -0.453. The lowest BCUT2D eigenvalue weighted by atomic mass is 10.1. The van der Waals surface area contributed by atoms with E-state index >= 15 is 0 Å². The quantitative estimate of drug-likeness (QED) is 0.449. The molecule has 5 nitrogen and oxygen atoms in total. The zero-order valence-corrected chi connectivity index (χ0v) is 17.7. The van der Waals surface area contributed by atoms with Crippen molar-refractivity contribution >= 4 is 17.7 Å². The molecule has 152 valence electrons. The first-order valence-corrected chi connectivity index (χ1v) is 9.85. The number of hydrogen-bond acceptors (Lipinski definition) is 3. The lowest BCUT2D eigenvalue weighted by Gasteiger charge is -2.10. The number of nitrogens with one attached hydrogen (secondary N) is 1. The number of aryl methyl sites for hydroxylation is 2. The van der Waals surface area contributed by atoms with Crippen LogP contribution in [0.4, 0.5) is 5.69 Å². The van der Waals surface area contributed by atoms with E-state index in [0.29, 0.717) is 18.0 Å². The van der Waals surface area contributed by atoms with Crippen molar-refractivity contribution in [3.05, 3.63) is 82.7 Å². The molecule has 0 saturated heterocycles. The molecular weight excluding hydrogens is 374 g/mol. The highest BCUT2D eigenvalue weighted by Crippen LogP contribution is 2.24. The molecule has 0 fully saturated rings. The summed E-state index contributed by atoms with van der Waals surface area (Å²) in [5.41, 5.74) is 5.70. The minimum absolute atomic E-state index is 0.0426. The molecule has 0 atom stereocenters. The van der Waals surface area contributed by atoms with Crippen LogP contribution in [-0.2, 0) is 4.79 Å². The van der Waals surface area contributed by atoms with Gasteiger partial charge in [-0.25, -0.2) is 0 Å². The Morgan fingerprint density at radius 1 is 1.13 bits per heavy atom. The molecule has 0 saturated carbocycles. The molecule has 1 amide bonds. The lowest BCUT2D eigenvalue weighted by molar-refractivity contribution is -0.112. The molecule has 3 aromatic rings. The molecule has 0 unspecified atom stereocenters. The van der Waals surface area contributed by atoms with Gasteiger partial charge < -0.3 is 14.6 Å². The zero-order valence-electron chi connectivity index (χ0n) is 17.7. The molecular formula is C25H25N3O2. The highest BCUT2D eigenvalue weighted by molar-refractivity contribution is 6.09. The third kappa shape index (κ3) is 4.61. The Kier molecular flexibility index (Phi) is 6.38. The van der Waals surface area contributed by atoms with Crippen LogP contribution < -0.4 is 10.1 Å². The second-order valence-electron chi connectivity index (χ2n) is 7.08. The first-order chi connectivity index (χ1) is 14.4. The Morgan fingerprint density at radius 2 is 1.87 bits per heavy atom. The number of hydrogen-bond donors (Lipinski definition) is 1. The summed E-state index contributed by atoms with van der Waals surface area (Å²) in [5, 5.41) is 12.4. The topological polar surface area (TPSA) is 67.0 Å². The van der Waals surface area contributed by atoms with E-state index in [9.17, 15) is 10.1 Å². The Hall–Kier alpha value is -3.78. The van der Waals surface area contributed by atoms with E-state index in [4.69, 9.17) is 4.74 Å². The van der Waals surface area contributed by atoms with E-state index in [-0.39, 0.29) is 5.57 Å². The number of nitrogens with zero attached hydrogens (tertiary/aromatic N) is 2. The number of rotatable bonds is 6. The van der Waals surface area contributed by atoms with E-state index in [1.165, 1.54) is 5.56 Å². The van der Waals surface area contributed by atoms with Gasteiger partial charge >= 0.3 is 0 Å². The van der Waals surface area contributed by atoms with Crippen molar-refractivity contribution in [3.8, 4) is 17.5 Å². The van der Waals surface area contributed by atoms with Crippen LogP contribution in [0.25, 0.3) is 11.8 Å². The van der Waals surface area contributed by atoms with Crippen molar-refractivity contribution in [3.63, 3.8) is 0 Å². The molecule has 3 rings (SSSR count). The molecule has 0 spiro atoms. The van der Waals surface area contributed by atoms with Crippen molar-refractivity contribution < 1.29 is 9.53 Å². The molecule has 1 aromatic heterocycles. The number of benzene rings is 2. The summed E-state index contributed by atoms with van der Waals surface area (Å²) < 4.78 is 7.57.